The number of nitrogens with one attached hydrogen (secondary N) is 2. The van der Waals surface area contributed by atoms with Crippen molar-refractivity contribution in [3.8, 4) is 0 Å². The van der Waals surface area contributed by atoms with Gasteiger partial charge in [-0.15, -0.1) is 11.8 Å². The zero-order valence-electron chi connectivity index (χ0n) is 12.4. The van der Waals surface area contributed by atoms with Gasteiger partial charge in [0.1, 0.15) is 0 Å². The Morgan fingerprint density at radius 3 is 2.57 bits per heavy atom. The van der Waals surface area contributed by atoms with Crippen molar-refractivity contribution in [3.63, 3.8) is 0 Å². The van der Waals surface area contributed by atoms with Gasteiger partial charge in [-0.3, -0.25) is 10.8 Å². The fourth-order valence-electron chi connectivity index (χ4n) is 2.89. The van der Waals surface area contributed by atoms with Crippen molar-refractivity contribution in [2.75, 3.05) is 5.75 Å². The molecule has 21 heavy (non-hydrogen) atoms. The maximum absolute atomic E-state index is 7.69. The van der Waals surface area contributed by atoms with Crippen molar-refractivity contribution in [1.82, 2.24) is 0 Å². The van der Waals surface area contributed by atoms with Crippen molar-refractivity contribution in [3.05, 3.63) is 35.4 Å². The van der Waals surface area contributed by atoms with E-state index in [4.69, 9.17) is 16.6 Å². The monoisotopic (exact) mass is 321 g/mol. The third kappa shape index (κ3) is 5.08. The van der Waals surface area contributed by atoms with E-state index in [9.17, 15) is 0 Å². The minimum absolute atomic E-state index is 0.194. The molecule has 5 heteroatoms. The molecule has 2 unspecified atom stereocenters. The topological polar surface area (TPSA) is 73.7 Å². The molecule has 3 nitrogen and oxygen atoms in total. The van der Waals surface area contributed by atoms with E-state index in [0.717, 1.165) is 17.2 Å². The van der Waals surface area contributed by atoms with Gasteiger partial charge in [-0.25, -0.2) is 0 Å². The van der Waals surface area contributed by atoms with Crippen LogP contribution in [0.15, 0.2) is 24.3 Å². The quantitative estimate of drug-likeness (QED) is 0.561. The molecule has 0 aliphatic heterocycles. The van der Waals surface area contributed by atoms with Crippen LogP contribution >= 0.6 is 23.5 Å². The molecule has 0 saturated heterocycles. The molecule has 2 atom stereocenters. The van der Waals surface area contributed by atoms with Gasteiger partial charge < -0.3 is 5.73 Å². The molecule has 1 fully saturated rings. The van der Waals surface area contributed by atoms with Gasteiger partial charge >= 0.3 is 0 Å². The Labute approximate surface area is 135 Å². The Hall–Kier alpha value is -0.940. The summed E-state index contributed by atoms with van der Waals surface area (Å²) in [7, 11) is 0. The number of aryl methyl sites for hydroxylation is 1. The molecule has 0 heterocycles. The Morgan fingerprint density at radius 1 is 1.24 bits per heavy atom. The van der Waals surface area contributed by atoms with E-state index in [1.807, 2.05) is 6.92 Å². The second-order valence-electron chi connectivity index (χ2n) is 5.45. The number of nitrogens with two attached hydrogens (primary N) is 1. The van der Waals surface area contributed by atoms with Crippen LogP contribution in [-0.2, 0) is 6.42 Å². The average molecular weight is 322 g/mol. The van der Waals surface area contributed by atoms with Crippen LogP contribution in [0.1, 0.15) is 43.2 Å². The number of hydrogen-bond acceptors (Lipinski definition) is 4. The molecule has 1 aliphatic carbocycles. The van der Waals surface area contributed by atoms with Crippen molar-refractivity contribution in [2.24, 2.45) is 5.73 Å². The van der Waals surface area contributed by atoms with Gasteiger partial charge in [0.15, 0.2) is 5.17 Å². The third-order valence-corrected chi connectivity index (χ3v) is 5.78. The molecule has 1 aromatic rings. The largest absolute Gasteiger partial charge is 0.379 e. The SMILES string of the molecule is CC(=N)SC1CCCC1c1ccc(CCSC(=N)N)cc1. The predicted molar refractivity (Wildman–Crippen MR) is 95.9 cm³/mol. The Morgan fingerprint density at radius 2 is 1.95 bits per heavy atom. The van der Waals surface area contributed by atoms with Crippen molar-refractivity contribution in [2.45, 2.75) is 43.8 Å². The second-order valence-corrected chi connectivity index (χ2v) is 8.04. The van der Waals surface area contributed by atoms with E-state index >= 15 is 0 Å². The molecule has 1 aromatic carbocycles. The lowest BCUT2D eigenvalue weighted by atomic mass is 9.96. The summed E-state index contributed by atoms with van der Waals surface area (Å²) in [5.41, 5.74) is 8.06. The van der Waals surface area contributed by atoms with E-state index in [2.05, 4.69) is 24.3 Å². The highest BCUT2D eigenvalue weighted by molar-refractivity contribution is 8.14. The molecule has 0 spiro atoms. The summed E-state index contributed by atoms with van der Waals surface area (Å²) >= 11 is 3.13. The highest BCUT2D eigenvalue weighted by atomic mass is 32.2. The first-order valence-electron chi connectivity index (χ1n) is 7.33. The standard InChI is InChI=1S/C16H23N3S2/c1-11(17)21-15-4-2-3-14(15)13-7-5-12(6-8-13)9-10-20-16(18)19/h5-8,14-15,17H,2-4,9-10H2,1H3,(H3,18,19). The molecule has 0 aromatic heterocycles. The molecular weight excluding hydrogens is 298 g/mol. The highest BCUT2D eigenvalue weighted by Crippen LogP contribution is 2.42. The van der Waals surface area contributed by atoms with Gasteiger partial charge in [-0.2, -0.15) is 0 Å². The number of thioether (sulfide) groups is 2. The average Bonchev–Trinajstić information content (AvgIpc) is 2.86. The van der Waals surface area contributed by atoms with Crippen LogP contribution in [0.3, 0.4) is 0 Å². The van der Waals surface area contributed by atoms with E-state index in [1.165, 1.54) is 42.2 Å². The van der Waals surface area contributed by atoms with Gasteiger partial charge in [-0.1, -0.05) is 42.4 Å². The van der Waals surface area contributed by atoms with E-state index < -0.39 is 0 Å². The molecule has 4 N–H and O–H groups in total. The van der Waals surface area contributed by atoms with Crippen LogP contribution < -0.4 is 5.73 Å². The minimum Gasteiger partial charge on any atom is -0.379 e. The molecule has 114 valence electrons. The molecule has 0 radical (unpaired) electrons. The highest BCUT2D eigenvalue weighted by Gasteiger charge is 2.29. The Kier molecular flexibility index (Phi) is 6.18. The third-order valence-electron chi connectivity index (χ3n) is 3.84. The second kappa shape index (κ2) is 7.90. The molecule has 0 bridgehead atoms. The van der Waals surface area contributed by atoms with Crippen LogP contribution in [0.2, 0.25) is 0 Å². The zero-order valence-corrected chi connectivity index (χ0v) is 14.0. The van der Waals surface area contributed by atoms with Crippen LogP contribution in [0, 0.1) is 10.8 Å². The number of rotatable bonds is 5. The van der Waals surface area contributed by atoms with Crippen molar-refractivity contribution in [1.29, 1.82) is 10.8 Å². The number of hydrogen-bond donors (Lipinski definition) is 3. The maximum atomic E-state index is 7.69. The molecule has 0 amide bonds. The van der Waals surface area contributed by atoms with Crippen molar-refractivity contribution >= 4 is 33.7 Å². The fourth-order valence-corrected chi connectivity index (χ4v) is 4.64. The Balaban J connectivity index is 1.94. The Bertz CT molecular complexity index is 499. The fraction of sp³-hybridized carbons (Fsp3) is 0.500. The van der Waals surface area contributed by atoms with E-state index in [1.54, 1.807) is 11.8 Å². The van der Waals surface area contributed by atoms with Gasteiger partial charge in [0, 0.05) is 11.0 Å². The molecule has 1 saturated carbocycles. The van der Waals surface area contributed by atoms with Gasteiger partial charge in [0.05, 0.1) is 5.04 Å². The first-order chi connectivity index (χ1) is 10.1. The van der Waals surface area contributed by atoms with Crippen LogP contribution in [0.25, 0.3) is 0 Å². The summed E-state index contributed by atoms with van der Waals surface area (Å²) < 4.78 is 0. The number of amidine groups is 1. The van der Waals surface area contributed by atoms with Crippen LogP contribution in [0.4, 0.5) is 0 Å². The summed E-state index contributed by atoms with van der Waals surface area (Å²) in [4.78, 5) is 0. The summed E-state index contributed by atoms with van der Waals surface area (Å²) in [6.45, 7) is 1.88. The lowest BCUT2D eigenvalue weighted by molar-refractivity contribution is 0.737. The smallest absolute Gasteiger partial charge is 0.151 e. The van der Waals surface area contributed by atoms with Crippen LogP contribution in [0.5, 0.6) is 0 Å². The molecule has 1 aliphatic rings. The summed E-state index contributed by atoms with van der Waals surface area (Å²) in [5, 5.41) is 16.4. The lowest BCUT2D eigenvalue weighted by Gasteiger charge is -2.19. The van der Waals surface area contributed by atoms with Gasteiger partial charge in [0.2, 0.25) is 0 Å². The molecule has 2 rings (SSSR count). The first-order valence-corrected chi connectivity index (χ1v) is 9.20. The van der Waals surface area contributed by atoms with Crippen LogP contribution in [-0.4, -0.2) is 21.2 Å². The van der Waals surface area contributed by atoms with Gasteiger partial charge in [0.25, 0.3) is 0 Å². The van der Waals surface area contributed by atoms with Gasteiger partial charge in [-0.05, 0) is 43.2 Å². The predicted octanol–water partition coefficient (Wildman–Crippen LogP) is 4.22. The van der Waals surface area contributed by atoms with E-state index in [0.29, 0.717) is 11.2 Å². The first kappa shape index (κ1) is 16.4. The zero-order chi connectivity index (χ0) is 15.2. The summed E-state index contributed by atoms with van der Waals surface area (Å²) in [5.74, 6) is 1.46. The summed E-state index contributed by atoms with van der Waals surface area (Å²) in [6.07, 6.45) is 4.69. The number of benzene rings is 1. The van der Waals surface area contributed by atoms with E-state index in [-0.39, 0.29) is 5.17 Å². The molecular formula is C16H23N3S2. The normalized spacial score (nSPS) is 21.4. The van der Waals surface area contributed by atoms with Crippen molar-refractivity contribution < 1.29 is 0 Å². The summed E-state index contributed by atoms with van der Waals surface area (Å²) in [6, 6.07) is 8.90. The lowest BCUT2D eigenvalue weighted by Crippen LogP contribution is -2.10. The maximum Gasteiger partial charge on any atom is 0.151 e. The minimum atomic E-state index is 0.194.